The average molecular weight is 338 g/mol. The minimum absolute atomic E-state index is 0.311. The van der Waals surface area contributed by atoms with Gasteiger partial charge in [0.2, 0.25) is 0 Å². The van der Waals surface area contributed by atoms with Crippen LogP contribution in [0.3, 0.4) is 0 Å². The predicted octanol–water partition coefficient (Wildman–Crippen LogP) is 3.20. The Balaban J connectivity index is 1.69. The summed E-state index contributed by atoms with van der Waals surface area (Å²) in [7, 11) is 2.21. The molecule has 2 aliphatic rings. The van der Waals surface area contributed by atoms with Crippen LogP contribution in [0.15, 0.2) is 18.5 Å². The highest BCUT2D eigenvalue weighted by molar-refractivity contribution is 6.31. The van der Waals surface area contributed by atoms with Crippen LogP contribution in [0.4, 0.5) is 0 Å². The van der Waals surface area contributed by atoms with Crippen LogP contribution in [0.25, 0.3) is 0 Å². The first-order valence-electron chi connectivity index (χ1n) is 8.79. The molecule has 2 heterocycles. The van der Waals surface area contributed by atoms with Gasteiger partial charge in [0, 0.05) is 54.7 Å². The van der Waals surface area contributed by atoms with E-state index >= 15 is 0 Å². The maximum atomic E-state index is 6.30. The minimum Gasteiger partial charge on any atom is -0.379 e. The van der Waals surface area contributed by atoms with Gasteiger partial charge in [-0.25, -0.2) is 0 Å². The first-order chi connectivity index (χ1) is 11.2. The van der Waals surface area contributed by atoms with Gasteiger partial charge in [-0.1, -0.05) is 30.9 Å². The van der Waals surface area contributed by atoms with Gasteiger partial charge in [0.1, 0.15) is 0 Å². The molecule has 0 N–H and O–H groups in total. The van der Waals surface area contributed by atoms with Crippen molar-refractivity contribution in [2.45, 2.75) is 44.2 Å². The van der Waals surface area contributed by atoms with E-state index in [0.29, 0.717) is 5.54 Å². The van der Waals surface area contributed by atoms with Crippen LogP contribution < -0.4 is 0 Å². The number of morpholine rings is 1. The Morgan fingerprint density at radius 2 is 2.00 bits per heavy atom. The Morgan fingerprint density at radius 3 is 2.70 bits per heavy atom. The summed E-state index contributed by atoms with van der Waals surface area (Å²) >= 11 is 6.30. The minimum atomic E-state index is 0.311. The Kier molecular flexibility index (Phi) is 5.91. The smallest absolute Gasteiger partial charge is 0.0594 e. The number of hydrogen-bond acceptors (Lipinski definition) is 4. The fraction of sp³-hybridized carbons (Fsp3) is 0.722. The van der Waals surface area contributed by atoms with E-state index < -0.39 is 0 Å². The van der Waals surface area contributed by atoms with Crippen molar-refractivity contribution in [2.24, 2.45) is 0 Å². The molecule has 0 atom stereocenters. The second-order valence-corrected chi connectivity index (χ2v) is 7.43. The van der Waals surface area contributed by atoms with Crippen LogP contribution in [-0.2, 0) is 11.3 Å². The van der Waals surface area contributed by atoms with Crippen molar-refractivity contribution < 1.29 is 4.74 Å². The molecule has 1 aromatic rings. The van der Waals surface area contributed by atoms with Crippen molar-refractivity contribution in [3.05, 3.63) is 29.0 Å². The third kappa shape index (κ3) is 4.24. The summed E-state index contributed by atoms with van der Waals surface area (Å²) in [5.41, 5.74) is 1.43. The molecule has 23 heavy (non-hydrogen) atoms. The summed E-state index contributed by atoms with van der Waals surface area (Å²) in [6.45, 7) is 5.85. The summed E-state index contributed by atoms with van der Waals surface area (Å²) in [6.07, 6.45) is 10.3. The van der Waals surface area contributed by atoms with Crippen LogP contribution in [0.2, 0.25) is 5.02 Å². The van der Waals surface area contributed by atoms with E-state index in [9.17, 15) is 0 Å². The van der Waals surface area contributed by atoms with Crippen LogP contribution in [0, 0.1) is 0 Å². The Labute approximate surface area is 144 Å². The maximum Gasteiger partial charge on any atom is 0.0594 e. The lowest BCUT2D eigenvalue weighted by Gasteiger charge is -2.49. The van der Waals surface area contributed by atoms with E-state index in [1.165, 1.54) is 32.1 Å². The summed E-state index contributed by atoms with van der Waals surface area (Å²) in [4.78, 5) is 9.33. The monoisotopic (exact) mass is 337 g/mol. The van der Waals surface area contributed by atoms with Gasteiger partial charge < -0.3 is 9.64 Å². The first-order valence-corrected chi connectivity index (χ1v) is 9.17. The molecule has 0 aromatic carbocycles. The van der Waals surface area contributed by atoms with Gasteiger partial charge in [0.25, 0.3) is 0 Å². The molecule has 0 unspecified atom stereocenters. The molecular weight excluding hydrogens is 310 g/mol. The summed E-state index contributed by atoms with van der Waals surface area (Å²) in [6, 6.07) is 1.88. The van der Waals surface area contributed by atoms with Crippen LogP contribution >= 0.6 is 11.6 Å². The summed E-state index contributed by atoms with van der Waals surface area (Å²) in [5.74, 6) is 0. The quantitative estimate of drug-likeness (QED) is 0.825. The lowest BCUT2D eigenvalue weighted by molar-refractivity contribution is -0.0491. The molecule has 1 saturated carbocycles. The number of ether oxygens (including phenoxy) is 1. The van der Waals surface area contributed by atoms with Crippen molar-refractivity contribution >= 4 is 11.6 Å². The molecule has 128 valence electrons. The summed E-state index contributed by atoms with van der Waals surface area (Å²) in [5, 5.41) is 0.816. The fourth-order valence-corrected chi connectivity index (χ4v) is 4.36. The van der Waals surface area contributed by atoms with E-state index in [0.717, 1.165) is 50.0 Å². The molecule has 5 heteroatoms. The Bertz CT molecular complexity index is 499. The fourth-order valence-electron chi connectivity index (χ4n) is 4.20. The molecule has 0 spiro atoms. The standard InChI is InChI=1S/C18H28ClN3O/c1-21(14-16-13-20-8-5-17(16)19)15-18(6-3-2-4-7-18)22-9-11-23-12-10-22/h5,8,13H,2-4,6-7,9-12,14-15H2,1H3. The van der Waals surface area contributed by atoms with E-state index in [-0.39, 0.29) is 0 Å². The molecular formula is C18H28ClN3O. The number of aromatic nitrogens is 1. The number of hydrogen-bond donors (Lipinski definition) is 0. The van der Waals surface area contributed by atoms with Crippen LogP contribution in [0.1, 0.15) is 37.7 Å². The van der Waals surface area contributed by atoms with Crippen LogP contribution in [-0.4, -0.2) is 60.2 Å². The van der Waals surface area contributed by atoms with Gasteiger partial charge in [-0.15, -0.1) is 0 Å². The lowest BCUT2D eigenvalue weighted by Crippen LogP contribution is -2.59. The summed E-state index contributed by atoms with van der Waals surface area (Å²) < 4.78 is 5.57. The van der Waals surface area contributed by atoms with Gasteiger partial charge >= 0.3 is 0 Å². The Morgan fingerprint density at radius 1 is 1.26 bits per heavy atom. The predicted molar refractivity (Wildman–Crippen MR) is 93.8 cm³/mol. The molecule has 1 aromatic heterocycles. The second-order valence-electron chi connectivity index (χ2n) is 7.02. The molecule has 4 nitrogen and oxygen atoms in total. The lowest BCUT2D eigenvalue weighted by atomic mass is 9.79. The normalized spacial score (nSPS) is 22.4. The zero-order chi connectivity index (χ0) is 16.1. The van der Waals surface area contributed by atoms with Gasteiger partial charge in [0.05, 0.1) is 13.2 Å². The zero-order valence-electron chi connectivity index (χ0n) is 14.1. The van der Waals surface area contributed by atoms with Gasteiger partial charge in [-0.2, -0.15) is 0 Å². The molecule has 0 radical (unpaired) electrons. The van der Waals surface area contributed by atoms with E-state index in [1.807, 2.05) is 12.3 Å². The van der Waals surface area contributed by atoms with E-state index in [4.69, 9.17) is 16.3 Å². The first kappa shape index (κ1) is 17.2. The van der Waals surface area contributed by atoms with Gasteiger partial charge in [0.15, 0.2) is 0 Å². The maximum absolute atomic E-state index is 6.30. The zero-order valence-corrected chi connectivity index (χ0v) is 14.9. The molecule has 1 aliphatic carbocycles. The van der Waals surface area contributed by atoms with Crippen molar-refractivity contribution in [2.75, 3.05) is 39.9 Å². The second kappa shape index (κ2) is 7.93. The molecule has 2 fully saturated rings. The average Bonchev–Trinajstić information content (AvgIpc) is 2.58. The highest BCUT2D eigenvalue weighted by atomic mass is 35.5. The highest BCUT2D eigenvalue weighted by Crippen LogP contribution is 2.35. The molecule has 1 saturated heterocycles. The topological polar surface area (TPSA) is 28.6 Å². The van der Waals surface area contributed by atoms with E-state index in [2.05, 4.69) is 21.8 Å². The van der Waals surface area contributed by atoms with E-state index in [1.54, 1.807) is 6.20 Å². The molecule has 3 rings (SSSR count). The number of nitrogens with zero attached hydrogens (tertiary/aromatic N) is 3. The molecule has 0 amide bonds. The molecule has 0 bridgehead atoms. The van der Waals surface area contributed by atoms with Crippen molar-refractivity contribution in [1.82, 2.24) is 14.8 Å². The van der Waals surface area contributed by atoms with Crippen LogP contribution in [0.5, 0.6) is 0 Å². The third-order valence-corrected chi connectivity index (χ3v) is 5.68. The van der Waals surface area contributed by atoms with Crippen molar-refractivity contribution in [3.8, 4) is 0 Å². The van der Waals surface area contributed by atoms with Crippen molar-refractivity contribution in [3.63, 3.8) is 0 Å². The van der Waals surface area contributed by atoms with Gasteiger partial charge in [-0.05, 0) is 26.0 Å². The number of rotatable bonds is 5. The largest absolute Gasteiger partial charge is 0.379 e. The molecule has 1 aliphatic heterocycles. The SMILES string of the molecule is CN(Cc1cnccc1Cl)CC1(N2CCOCC2)CCCCC1. The van der Waals surface area contributed by atoms with Gasteiger partial charge in [-0.3, -0.25) is 9.88 Å². The number of pyridine rings is 1. The number of halogens is 1. The highest BCUT2D eigenvalue weighted by Gasteiger charge is 2.39. The third-order valence-electron chi connectivity index (χ3n) is 5.31. The Hall–Kier alpha value is -0.680. The number of likely N-dealkylation sites (N-methyl/N-ethyl adjacent to an activating group) is 1. The van der Waals surface area contributed by atoms with Crippen molar-refractivity contribution in [1.29, 1.82) is 0 Å².